The summed E-state index contributed by atoms with van der Waals surface area (Å²) in [6.45, 7) is 0.313. The van der Waals surface area contributed by atoms with Crippen LogP contribution >= 0.6 is 0 Å². The predicted octanol–water partition coefficient (Wildman–Crippen LogP) is 3.45. The molecule has 0 bridgehead atoms. The average Bonchev–Trinajstić information content (AvgIpc) is 3.03. The van der Waals surface area contributed by atoms with Gasteiger partial charge in [0.1, 0.15) is 11.5 Å². The van der Waals surface area contributed by atoms with Crippen molar-refractivity contribution < 1.29 is 13.7 Å². The Morgan fingerprint density at radius 1 is 1.32 bits per heavy atom. The summed E-state index contributed by atoms with van der Waals surface area (Å²) in [5.41, 5.74) is 1.41. The van der Waals surface area contributed by atoms with Crippen LogP contribution in [0.5, 0.6) is 0 Å². The first-order valence-electron chi connectivity index (χ1n) is 7.36. The lowest BCUT2D eigenvalue weighted by Gasteiger charge is -2.16. The fraction of sp³-hybridized carbons (Fsp3) is 0.294. The monoisotopic (exact) mass is 300 g/mol. The molecule has 1 aliphatic rings. The molecule has 3 rings (SSSR count). The molecule has 0 saturated heterocycles. The molecule has 1 N–H and O–H groups in total. The van der Waals surface area contributed by atoms with Crippen LogP contribution in [0.25, 0.3) is 11.3 Å². The van der Waals surface area contributed by atoms with Crippen molar-refractivity contribution in [1.29, 1.82) is 0 Å². The number of amides is 1. The van der Waals surface area contributed by atoms with Crippen molar-refractivity contribution in [2.45, 2.75) is 25.8 Å². The Bertz CT molecular complexity index is 676. The number of nitrogens with one attached hydrogen (secondary N) is 1. The second-order valence-electron chi connectivity index (χ2n) is 5.38. The van der Waals surface area contributed by atoms with Crippen LogP contribution in [-0.2, 0) is 11.3 Å². The molecule has 1 aromatic heterocycles. The number of rotatable bonds is 4. The maximum Gasteiger partial charge on any atom is 0.223 e. The summed E-state index contributed by atoms with van der Waals surface area (Å²) >= 11 is 0. The summed E-state index contributed by atoms with van der Waals surface area (Å²) in [7, 11) is 0. The minimum absolute atomic E-state index is 0.0454. The van der Waals surface area contributed by atoms with E-state index in [1.807, 2.05) is 0 Å². The van der Waals surface area contributed by atoms with Crippen molar-refractivity contribution in [1.82, 2.24) is 10.5 Å². The van der Waals surface area contributed by atoms with Gasteiger partial charge in [-0.1, -0.05) is 17.3 Å². The van der Waals surface area contributed by atoms with Crippen molar-refractivity contribution in [2.24, 2.45) is 5.92 Å². The van der Waals surface area contributed by atoms with E-state index >= 15 is 0 Å². The minimum atomic E-state index is -0.290. The third kappa shape index (κ3) is 3.42. The molecule has 1 heterocycles. The van der Waals surface area contributed by atoms with Gasteiger partial charge in [0.15, 0.2) is 5.76 Å². The van der Waals surface area contributed by atoms with Crippen LogP contribution in [-0.4, -0.2) is 11.1 Å². The van der Waals surface area contributed by atoms with Crippen LogP contribution in [0.3, 0.4) is 0 Å². The van der Waals surface area contributed by atoms with Crippen LogP contribution in [0.1, 0.15) is 25.0 Å². The number of halogens is 1. The van der Waals surface area contributed by atoms with Gasteiger partial charge in [-0.05, 0) is 43.5 Å². The summed E-state index contributed by atoms with van der Waals surface area (Å²) < 4.78 is 18.1. The number of carbonyl (C=O) groups is 1. The van der Waals surface area contributed by atoms with E-state index < -0.39 is 0 Å². The molecule has 0 aliphatic heterocycles. The van der Waals surface area contributed by atoms with E-state index in [1.54, 1.807) is 18.2 Å². The van der Waals surface area contributed by atoms with Gasteiger partial charge in [-0.2, -0.15) is 0 Å². The molecule has 5 heteroatoms. The van der Waals surface area contributed by atoms with Crippen LogP contribution in [0, 0.1) is 11.7 Å². The predicted molar refractivity (Wildman–Crippen MR) is 80.2 cm³/mol. The third-order valence-electron chi connectivity index (χ3n) is 3.78. The summed E-state index contributed by atoms with van der Waals surface area (Å²) in [4.78, 5) is 12.0. The molecular formula is C17H17FN2O2. The Kier molecular flexibility index (Phi) is 4.32. The van der Waals surface area contributed by atoms with Gasteiger partial charge in [0, 0.05) is 17.5 Å². The van der Waals surface area contributed by atoms with Gasteiger partial charge < -0.3 is 9.84 Å². The van der Waals surface area contributed by atoms with E-state index in [-0.39, 0.29) is 17.6 Å². The summed E-state index contributed by atoms with van der Waals surface area (Å²) in [5, 5.41) is 6.82. The SMILES string of the molecule is O=C(NCc1cc(-c2ccc(F)cc2)no1)[C@H]1CC=CCC1. The van der Waals surface area contributed by atoms with Gasteiger partial charge in [-0.3, -0.25) is 4.79 Å². The number of aromatic nitrogens is 1. The van der Waals surface area contributed by atoms with Crippen molar-refractivity contribution in [2.75, 3.05) is 0 Å². The number of benzene rings is 1. The van der Waals surface area contributed by atoms with Crippen LogP contribution < -0.4 is 5.32 Å². The highest BCUT2D eigenvalue weighted by Crippen LogP contribution is 2.20. The number of hydrogen-bond donors (Lipinski definition) is 1. The highest BCUT2D eigenvalue weighted by atomic mass is 19.1. The summed E-state index contributed by atoms with van der Waals surface area (Å²) in [6, 6.07) is 7.80. The molecule has 0 spiro atoms. The van der Waals surface area contributed by atoms with Crippen molar-refractivity contribution in [3.8, 4) is 11.3 Å². The van der Waals surface area contributed by atoms with Gasteiger partial charge in [0.2, 0.25) is 5.91 Å². The molecule has 1 amide bonds. The molecule has 0 fully saturated rings. The van der Waals surface area contributed by atoms with Gasteiger partial charge in [-0.15, -0.1) is 0 Å². The number of hydrogen-bond acceptors (Lipinski definition) is 3. The lowest BCUT2D eigenvalue weighted by Crippen LogP contribution is -2.30. The van der Waals surface area contributed by atoms with Crippen molar-refractivity contribution >= 4 is 5.91 Å². The number of carbonyl (C=O) groups excluding carboxylic acids is 1. The molecule has 0 unspecified atom stereocenters. The Balaban J connectivity index is 1.58. The maximum atomic E-state index is 12.9. The first-order chi connectivity index (χ1) is 10.7. The standard InChI is InChI=1S/C17H17FN2O2/c18-14-8-6-12(7-9-14)16-10-15(22-20-16)11-19-17(21)13-4-2-1-3-5-13/h1-2,6-10,13H,3-5,11H2,(H,19,21)/t13-/m0/s1. The second-order valence-corrected chi connectivity index (χ2v) is 5.38. The van der Waals surface area contributed by atoms with Crippen LogP contribution in [0.4, 0.5) is 4.39 Å². The lowest BCUT2D eigenvalue weighted by atomic mass is 9.94. The van der Waals surface area contributed by atoms with E-state index in [0.717, 1.165) is 24.8 Å². The molecule has 1 aromatic carbocycles. The number of allylic oxidation sites excluding steroid dienone is 2. The van der Waals surface area contributed by atoms with Crippen LogP contribution in [0.15, 0.2) is 47.0 Å². The van der Waals surface area contributed by atoms with E-state index in [9.17, 15) is 9.18 Å². The maximum absolute atomic E-state index is 12.9. The Hall–Kier alpha value is -2.43. The second kappa shape index (κ2) is 6.56. The zero-order chi connectivity index (χ0) is 15.4. The fourth-order valence-electron chi connectivity index (χ4n) is 2.50. The number of nitrogens with zero attached hydrogens (tertiary/aromatic N) is 1. The Labute approximate surface area is 128 Å². The molecule has 1 aliphatic carbocycles. The van der Waals surface area contributed by atoms with Crippen molar-refractivity contribution in [3.05, 3.63) is 54.1 Å². The van der Waals surface area contributed by atoms with E-state index in [1.165, 1.54) is 12.1 Å². The first kappa shape index (κ1) is 14.5. The van der Waals surface area contributed by atoms with E-state index in [4.69, 9.17) is 4.52 Å². The topological polar surface area (TPSA) is 55.1 Å². The highest BCUT2D eigenvalue weighted by Gasteiger charge is 2.18. The first-order valence-corrected chi connectivity index (χ1v) is 7.36. The molecule has 0 radical (unpaired) electrons. The van der Waals surface area contributed by atoms with Crippen LogP contribution in [0.2, 0.25) is 0 Å². The molecular weight excluding hydrogens is 283 g/mol. The third-order valence-corrected chi connectivity index (χ3v) is 3.78. The largest absolute Gasteiger partial charge is 0.359 e. The molecule has 114 valence electrons. The minimum Gasteiger partial charge on any atom is -0.359 e. The molecule has 2 aromatic rings. The fourth-order valence-corrected chi connectivity index (χ4v) is 2.50. The van der Waals surface area contributed by atoms with Gasteiger partial charge in [-0.25, -0.2) is 4.39 Å². The van der Waals surface area contributed by atoms with E-state index in [0.29, 0.717) is 18.0 Å². The Morgan fingerprint density at radius 3 is 2.86 bits per heavy atom. The highest BCUT2D eigenvalue weighted by molar-refractivity contribution is 5.78. The molecule has 22 heavy (non-hydrogen) atoms. The van der Waals surface area contributed by atoms with Gasteiger partial charge in [0.05, 0.1) is 6.54 Å². The zero-order valence-electron chi connectivity index (χ0n) is 12.1. The molecule has 1 atom stereocenters. The molecule has 0 saturated carbocycles. The molecule has 4 nitrogen and oxygen atoms in total. The summed E-state index contributed by atoms with van der Waals surface area (Å²) in [6.07, 6.45) is 6.79. The quantitative estimate of drug-likeness (QED) is 0.880. The summed E-state index contributed by atoms with van der Waals surface area (Å²) in [5.74, 6) is 0.383. The van der Waals surface area contributed by atoms with Gasteiger partial charge >= 0.3 is 0 Å². The Morgan fingerprint density at radius 2 is 2.14 bits per heavy atom. The van der Waals surface area contributed by atoms with Crippen molar-refractivity contribution in [3.63, 3.8) is 0 Å². The lowest BCUT2D eigenvalue weighted by molar-refractivity contribution is -0.125. The van der Waals surface area contributed by atoms with E-state index in [2.05, 4.69) is 22.6 Å². The average molecular weight is 300 g/mol. The smallest absolute Gasteiger partial charge is 0.223 e. The van der Waals surface area contributed by atoms with Gasteiger partial charge in [0.25, 0.3) is 0 Å². The zero-order valence-corrected chi connectivity index (χ0v) is 12.1. The normalized spacial score (nSPS) is 17.4.